The first-order valence-electron chi connectivity index (χ1n) is 10.3. The third-order valence-electron chi connectivity index (χ3n) is 5.75. The number of aryl methyl sites for hydroxylation is 1. The molecule has 0 N–H and O–H groups in total. The van der Waals surface area contributed by atoms with Gasteiger partial charge in [0, 0.05) is 31.3 Å². The van der Waals surface area contributed by atoms with Crippen LogP contribution < -0.4 is 5.56 Å². The van der Waals surface area contributed by atoms with Crippen molar-refractivity contribution in [2.75, 3.05) is 13.1 Å². The number of aromatic nitrogens is 2. The summed E-state index contributed by atoms with van der Waals surface area (Å²) in [4.78, 5) is 26.5. The molecule has 7 heteroatoms. The fourth-order valence-corrected chi connectivity index (χ4v) is 4.01. The Hall–Kier alpha value is -3.35. The van der Waals surface area contributed by atoms with E-state index < -0.39 is 23.1 Å². The average molecular weight is 423 g/mol. The van der Waals surface area contributed by atoms with Crippen LogP contribution >= 0.6 is 0 Å². The smallest absolute Gasteiger partial charge is 0.267 e. The van der Waals surface area contributed by atoms with Crippen molar-refractivity contribution < 1.29 is 13.6 Å². The number of benzene rings is 2. The normalized spacial score (nSPS) is 14.6. The van der Waals surface area contributed by atoms with Gasteiger partial charge in [0.15, 0.2) is 0 Å². The van der Waals surface area contributed by atoms with Crippen molar-refractivity contribution >= 4 is 5.91 Å². The van der Waals surface area contributed by atoms with Gasteiger partial charge in [-0.2, -0.15) is 5.10 Å². The van der Waals surface area contributed by atoms with Crippen molar-refractivity contribution in [3.63, 3.8) is 0 Å². The highest BCUT2D eigenvalue weighted by molar-refractivity contribution is 5.94. The van der Waals surface area contributed by atoms with E-state index in [-0.39, 0.29) is 11.5 Å². The molecule has 0 bridgehead atoms. The summed E-state index contributed by atoms with van der Waals surface area (Å²) in [5.41, 5.74) is 1.86. The van der Waals surface area contributed by atoms with Gasteiger partial charge in [0.25, 0.3) is 11.5 Å². The van der Waals surface area contributed by atoms with Crippen LogP contribution in [0.3, 0.4) is 0 Å². The largest absolute Gasteiger partial charge is 0.338 e. The molecule has 0 spiro atoms. The summed E-state index contributed by atoms with van der Waals surface area (Å²) in [6.45, 7) is 3.06. The van der Waals surface area contributed by atoms with E-state index in [0.717, 1.165) is 29.0 Å². The molecule has 2 aromatic carbocycles. The highest BCUT2D eigenvalue weighted by atomic mass is 19.1. The molecule has 1 fully saturated rings. The molecule has 0 saturated carbocycles. The number of rotatable bonds is 4. The molecule has 4 rings (SSSR count). The lowest BCUT2D eigenvalue weighted by atomic mass is 9.96. The minimum absolute atomic E-state index is 0.144. The molecule has 31 heavy (non-hydrogen) atoms. The zero-order valence-electron chi connectivity index (χ0n) is 17.2. The highest BCUT2D eigenvalue weighted by Gasteiger charge is 2.28. The lowest BCUT2D eigenvalue weighted by molar-refractivity contribution is 0.0670. The third-order valence-corrected chi connectivity index (χ3v) is 5.75. The van der Waals surface area contributed by atoms with Crippen molar-refractivity contribution in [3.05, 3.63) is 87.7 Å². The van der Waals surface area contributed by atoms with Crippen LogP contribution in [-0.4, -0.2) is 33.7 Å². The van der Waals surface area contributed by atoms with E-state index >= 15 is 0 Å². The molecule has 0 atom stereocenters. The maximum atomic E-state index is 13.9. The summed E-state index contributed by atoms with van der Waals surface area (Å²) in [7, 11) is 0. The number of piperidine rings is 1. The molecule has 1 amide bonds. The lowest BCUT2D eigenvalue weighted by Crippen LogP contribution is -2.41. The van der Waals surface area contributed by atoms with Gasteiger partial charge < -0.3 is 4.90 Å². The monoisotopic (exact) mass is 423 g/mol. The standard InChI is InChI=1S/C24H23F2N3O2/c1-16-14-21(30)29(27-23(16)18-6-3-2-4-7-18)15-17-10-12-28(13-11-17)24(31)22-19(25)8-5-9-20(22)26/h2-9,14,17H,10-13,15H2,1H3. The number of carbonyl (C=O) groups is 1. The second-order valence-electron chi connectivity index (χ2n) is 7.89. The van der Waals surface area contributed by atoms with E-state index in [9.17, 15) is 18.4 Å². The Labute approximate surface area is 178 Å². The Morgan fingerprint density at radius 2 is 1.68 bits per heavy atom. The van der Waals surface area contributed by atoms with Crippen molar-refractivity contribution in [1.29, 1.82) is 0 Å². The van der Waals surface area contributed by atoms with E-state index in [4.69, 9.17) is 0 Å². The SMILES string of the molecule is Cc1cc(=O)n(CC2CCN(C(=O)c3c(F)cccc3F)CC2)nc1-c1ccccc1. The summed E-state index contributed by atoms with van der Waals surface area (Å²) >= 11 is 0. The maximum absolute atomic E-state index is 13.9. The molecule has 1 aromatic heterocycles. The van der Waals surface area contributed by atoms with Gasteiger partial charge in [0.05, 0.1) is 5.69 Å². The van der Waals surface area contributed by atoms with Crippen molar-refractivity contribution in [3.8, 4) is 11.3 Å². The Bertz CT molecular complexity index is 1130. The predicted molar refractivity (Wildman–Crippen MR) is 114 cm³/mol. The first-order valence-corrected chi connectivity index (χ1v) is 10.3. The summed E-state index contributed by atoms with van der Waals surface area (Å²) in [6.07, 6.45) is 1.26. The molecule has 2 heterocycles. The van der Waals surface area contributed by atoms with E-state index in [1.54, 1.807) is 6.07 Å². The minimum Gasteiger partial charge on any atom is -0.338 e. The van der Waals surface area contributed by atoms with Crippen LogP contribution in [-0.2, 0) is 6.54 Å². The summed E-state index contributed by atoms with van der Waals surface area (Å²) in [5, 5.41) is 4.59. The predicted octanol–water partition coefficient (Wildman–Crippen LogP) is 4.05. The minimum atomic E-state index is -0.851. The Kier molecular flexibility index (Phi) is 5.93. The maximum Gasteiger partial charge on any atom is 0.267 e. The van der Waals surface area contributed by atoms with Gasteiger partial charge in [-0.1, -0.05) is 36.4 Å². The number of amides is 1. The second-order valence-corrected chi connectivity index (χ2v) is 7.89. The van der Waals surface area contributed by atoms with E-state index in [1.807, 2.05) is 37.3 Å². The van der Waals surface area contributed by atoms with Crippen LogP contribution in [0.15, 0.2) is 59.4 Å². The molecule has 3 aromatic rings. The topological polar surface area (TPSA) is 55.2 Å². The fraction of sp³-hybridized carbons (Fsp3) is 0.292. The van der Waals surface area contributed by atoms with Crippen LogP contribution in [0.5, 0.6) is 0 Å². The van der Waals surface area contributed by atoms with Crippen LogP contribution in [0.4, 0.5) is 8.78 Å². The molecule has 160 valence electrons. The van der Waals surface area contributed by atoms with Gasteiger partial charge in [0.1, 0.15) is 17.2 Å². The zero-order valence-corrected chi connectivity index (χ0v) is 17.2. The van der Waals surface area contributed by atoms with E-state index in [2.05, 4.69) is 5.10 Å². The fourth-order valence-electron chi connectivity index (χ4n) is 4.01. The number of hydrogen-bond donors (Lipinski definition) is 0. The number of carbonyl (C=O) groups excluding carboxylic acids is 1. The van der Waals surface area contributed by atoms with Gasteiger partial charge in [-0.15, -0.1) is 0 Å². The molecular weight excluding hydrogens is 400 g/mol. The first kappa shape index (κ1) is 20.9. The Morgan fingerprint density at radius 3 is 2.32 bits per heavy atom. The molecule has 1 saturated heterocycles. The molecule has 0 radical (unpaired) electrons. The molecule has 1 aliphatic rings. The van der Waals surface area contributed by atoms with E-state index in [0.29, 0.717) is 32.5 Å². The number of halogens is 2. The van der Waals surface area contributed by atoms with E-state index in [1.165, 1.54) is 15.6 Å². The summed E-state index contributed by atoms with van der Waals surface area (Å²) in [6, 6.07) is 14.7. The molecule has 0 aliphatic carbocycles. The van der Waals surface area contributed by atoms with Crippen LogP contribution in [0.25, 0.3) is 11.3 Å². The van der Waals surface area contributed by atoms with Crippen molar-refractivity contribution in [2.45, 2.75) is 26.3 Å². The van der Waals surface area contributed by atoms with Gasteiger partial charge in [-0.25, -0.2) is 13.5 Å². The number of nitrogens with zero attached hydrogens (tertiary/aromatic N) is 3. The van der Waals surface area contributed by atoms with Gasteiger partial charge in [-0.05, 0) is 43.4 Å². The first-order chi connectivity index (χ1) is 14.9. The summed E-state index contributed by atoms with van der Waals surface area (Å²) in [5.74, 6) is -2.19. The molecule has 1 aliphatic heterocycles. The lowest BCUT2D eigenvalue weighted by Gasteiger charge is -2.32. The van der Waals surface area contributed by atoms with Gasteiger partial charge >= 0.3 is 0 Å². The Balaban J connectivity index is 1.46. The second kappa shape index (κ2) is 8.79. The van der Waals surface area contributed by atoms with Gasteiger partial charge in [-0.3, -0.25) is 9.59 Å². The highest BCUT2D eigenvalue weighted by Crippen LogP contribution is 2.23. The van der Waals surface area contributed by atoms with Gasteiger partial charge in [0.2, 0.25) is 0 Å². The van der Waals surface area contributed by atoms with Crippen molar-refractivity contribution in [1.82, 2.24) is 14.7 Å². The zero-order chi connectivity index (χ0) is 22.0. The average Bonchev–Trinajstić information content (AvgIpc) is 2.76. The third kappa shape index (κ3) is 4.40. The Morgan fingerprint density at radius 1 is 1.03 bits per heavy atom. The molecule has 0 unspecified atom stereocenters. The van der Waals surface area contributed by atoms with Crippen LogP contribution in [0.2, 0.25) is 0 Å². The van der Waals surface area contributed by atoms with Crippen LogP contribution in [0, 0.1) is 24.5 Å². The molecule has 5 nitrogen and oxygen atoms in total. The van der Waals surface area contributed by atoms with Crippen LogP contribution in [0.1, 0.15) is 28.8 Å². The number of hydrogen-bond acceptors (Lipinski definition) is 3. The van der Waals surface area contributed by atoms with Crippen molar-refractivity contribution in [2.24, 2.45) is 5.92 Å². The summed E-state index contributed by atoms with van der Waals surface area (Å²) < 4.78 is 29.4. The number of likely N-dealkylation sites (tertiary alicyclic amines) is 1. The quantitative estimate of drug-likeness (QED) is 0.636. The molecular formula is C24H23F2N3O2.